The van der Waals surface area contributed by atoms with Crippen molar-refractivity contribution in [2.45, 2.75) is 20.4 Å². The molecule has 1 aromatic heterocycles. The Labute approximate surface area is 160 Å². The van der Waals surface area contributed by atoms with Gasteiger partial charge in [0.15, 0.2) is 0 Å². The lowest BCUT2D eigenvalue weighted by Crippen LogP contribution is -2.48. The van der Waals surface area contributed by atoms with Crippen LogP contribution >= 0.6 is 0 Å². The van der Waals surface area contributed by atoms with E-state index < -0.39 is 0 Å². The SMILES string of the molecule is CCN1CCN(C(=O)c2cncc(C(=O)NCc3ccc(C)cc3)c2)CC1. The fourth-order valence-electron chi connectivity index (χ4n) is 3.12. The van der Waals surface area contributed by atoms with Crippen LogP contribution in [0.2, 0.25) is 0 Å². The normalized spacial score (nSPS) is 14.8. The summed E-state index contributed by atoms with van der Waals surface area (Å²) in [5.74, 6) is -0.292. The standard InChI is InChI=1S/C21H26N4O2/c1-3-24-8-10-25(11-9-24)21(27)19-12-18(14-22-15-19)20(26)23-13-17-6-4-16(2)5-7-17/h4-7,12,14-15H,3,8-11,13H2,1-2H3,(H,23,26). The van der Waals surface area contributed by atoms with Crippen LogP contribution in [0.15, 0.2) is 42.7 Å². The lowest BCUT2D eigenvalue weighted by molar-refractivity contribution is 0.0643. The molecule has 1 aliphatic heterocycles. The largest absolute Gasteiger partial charge is 0.348 e. The minimum absolute atomic E-state index is 0.0635. The zero-order valence-electron chi connectivity index (χ0n) is 15.9. The topological polar surface area (TPSA) is 65.5 Å². The Kier molecular flexibility index (Phi) is 6.19. The van der Waals surface area contributed by atoms with Gasteiger partial charge in [0.25, 0.3) is 11.8 Å². The second kappa shape index (κ2) is 8.77. The first-order chi connectivity index (χ1) is 13.1. The third-order valence-electron chi connectivity index (χ3n) is 4.93. The predicted molar refractivity (Wildman–Crippen MR) is 105 cm³/mol. The number of nitrogens with zero attached hydrogens (tertiary/aromatic N) is 3. The van der Waals surface area contributed by atoms with Crippen LogP contribution < -0.4 is 5.32 Å². The molecule has 0 aliphatic carbocycles. The van der Waals surface area contributed by atoms with E-state index in [-0.39, 0.29) is 11.8 Å². The molecular weight excluding hydrogens is 340 g/mol. The molecule has 0 atom stereocenters. The van der Waals surface area contributed by atoms with Crippen molar-refractivity contribution in [1.82, 2.24) is 20.1 Å². The average Bonchev–Trinajstić information content (AvgIpc) is 2.72. The van der Waals surface area contributed by atoms with Crippen LogP contribution in [0.4, 0.5) is 0 Å². The number of aryl methyl sites for hydroxylation is 1. The number of pyridine rings is 1. The minimum Gasteiger partial charge on any atom is -0.348 e. The summed E-state index contributed by atoms with van der Waals surface area (Å²) in [7, 11) is 0. The first-order valence-corrected chi connectivity index (χ1v) is 9.37. The van der Waals surface area contributed by atoms with E-state index in [2.05, 4.69) is 22.1 Å². The van der Waals surface area contributed by atoms with Gasteiger partial charge in [-0.3, -0.25) is 14.6 Å². The zero-order valence-corrected chi connectivity index (χ0v) is 15.9. The van der Waals surface area contributed by atoms with Gasteiger partial charge >= 0.3 is 0 Å². The van der Waals surface area contributed by atoms with E-state index >= 15 is 0 Å². The number of nitrogens with one attached hydrogen (secondary N) is 1. The molecule has 0 bridgehead atoms. The summed E-state index contributed by atoms with van der Waals surface area (Å²) >= 11 is 0. The van der Waals surface area contributed by atoms with Gasteiger partial charge in [0, 0.05) is 45.1 Å². The molecule has 1 aromatic carbocycles. The van der Waals surface area contributed by atoms with Gasteiger partial charge in [-0.2, -0.15) is 0 Å². The maximum atomic E-state index is 12.7. The van der Waals surface area contributed by atoms with Crippen LogP contribution in [0.25, 0.3) is 0 Å². The molecule has 0 unspecified atom stereocenters. The highest BCUT2D eigenvalue weighted by Gasteiger charge is 2.22. The number of rotatable bonds is 5. The number of carbonyl (C=O) groups excluding carboxylic acids is 2. The van der Waals surface area contributed by atoms with Gasteiger partial charge in [-0.05, 0) is 25.1 Å². The maximum absolute atomic E-state index is 12.7. The lowest BCUT2D eigenvalue weighted by atomic mass is 10.1. The van der Waals surface area contributed by atoms with Crippen molar-refractivity contribution in [3.8, 4) is 0 Å². The smallest absolute Gasteiger partial charge is 0.255 e. The molecule has 27 heavy (non-hydrogen) atoms. The molecule has 3 rings (SSSR count). The molecule has 1 fully saturated rings. The molecule has 6 nitrogen and oxygen atoms in total. The molecular formula is C21H26N4O2. The Hall–Kier alpha value is -2.73. The highest BCUT2D eigenvalue weighted by molar-refractivity contribution is 5.99. The van der Waals surface area contributed by atoms with E-state index in [1.165, 1.54) is 18.0 Å². The van der Waals surface area contributed by atoms with Crippen LogP contribution in [0.1, 0.15) is 38.8 Å². The van der Waals surface area contributed by atoms with Gasteiger partial charge in [-0.25, -0.2) is 0 Å². The van der Waals surface area contributed by atoms with E-state index in [0.717, 1.165) is 25.2 Å². The molecule has 1 saturated heterocycles. The molecule has 142 valence electrons. The molecule has 0 saturated carbocycles. The molecule has 6 heteroatoms. The van der Waals surface area contributed by atoms with Crippen LogP contribution in [0.5, 0.6) is 0 Å². The monoisotopic (exact) mass is 366 g/mol. The summed E-state index contributed by atoms with van der Waals surface area (Å²) in [6, 6.07) is 9.64. The van der Waals surface area contributed by atoms with Crippen molar-refractivity contribution in [3.63, 3.8) is 0 Å². The van der Waals surface area contributed by atoms with E-state index in [1.54, 1.807) is 6.07 Å². The average molecular weight is 366 g/mol. The summed E-state index contributed by atoms with van der Waals surface area (Å²) in [6.45, 7) is 8.76. The number of piperazine rings is 1. The third-order valence-corrected chi connectivity index (χ3v) is 4.93. The Morgan fingerprint density at radius 1 is 1.04 bits per heavy atom. The van der Waals surface area contributed by atoms with E-state index in [0.29, 0.717) is 30.8 Å². The summed E-state index contributed by atoms with van der Waals surface area (Å²) in [6.07, 6.45) is 3.03. The van der Waals surface area contributed by atoms with Crippen molar-refractivity contribution in [1.29, 1.82) is 0 Å². The van der Waals surface area contributed by atoms with Crippen LogP contribution in [0, 0.1) is 6.92 Å². The molecule has 2 heterocycles. The predicted octanol–water partition coefficient (Wildman–Crippen LogP) is 2.10. The van der Waals surface area contributed by atoms with E-state index in [1.807, 2.05) is 36.1 Å². The molecule has 2 amide bonds. The van der Waals surface area contributed by atoms with Gasteiger partial charge in [0.2, 0.25) is 0 Å². The van der Waals surface area contributed by atoms with Crippen molar-refractivity contribution >= 4 is 11.8 Å². The fourth-order valence-corrected chi connectivity index (χ4v) is 3.12. The third kappa shape index (κ3) is 4.92. The minimum atomic E-state index is -0.228. The summed E-state index contributed by atoms with van der Waals surface area (Å²) in [4.78, 5) is 33.4. The van der Waals surface area contributed by atoms with Gasteiger partial charge in [-0.15, -0.1) is 0 Å². The highest BCUT2D eigenvalue weighted by Crippen LogP contribution is 2.10. The quantitative estimate of drug-likeness (QED) is 0.880. The Bertz CT molecular complexity index is 796. The summed E-state index contributed by atoms with van der Waals surface area (Å²) < 4.78 is 0. The molecule has 1 N–H and O–H groups in total. The first-order valence-electron chi connectivity index (χ1n) is 9.37. The van der Waals surface area contributed by atoms with Crippen LogP contribution in [-0.4, -0.2) is 59.3 Å². The Morgan fingerprint density at radius 2 is 1.70 bits per heavy atom. The summed E-state index contributed by atoms with van der Waals surface area (Å²) in [5.41, 5.74) is 3.08. The Morgan fingerprint density at radius 3 is 2.37 bits per heavy atom. The van der Waals surface area contributed by atoms with Crippen LogP contribution in [-0.2, 0) is 6.54 Å². The van der Waals surface area contributed by atoms with E-state index in [4.69, 9.17) is 0 Å². The lowest BCUT2D eigenvalue weighted by Gasteiger charge is -2.34. The number of carbonyl (C=O) groups is 2. The maximum Gasteiger partial charge on any atom is 0.255 e. The second-order valence-corrected chi connectivity index (χ2v) is 6.86. The van der Waals surface area contributed by atoms with Crippen LogP contribution in [0.3, 0.4) is 0 Å². The number of amides is 2. The molecule has 2 aromatic rings. The Balaban J connectivity index is 1.61. The number of hydrogen-bond donors (Lipinski definition) is 1. The fraction of sp³-hybridized carbons (Fsp3) is 0.381. The molecule has 1 aliphatic rings. The highest BCUT2D eigenvalue weighted by atomic mass is 16.2. The van der Waals surface area contributed by atoms with Gasteiger partial charge < -0.3 is 15.1 Å². The van der Waals surface area contributed by atoms with Gasteiger partial charge in [-0.1, -0.05) is 36.8 Å². The number of hydrogen-bond acceptors (Lipinski definition) is 4. The van der Waals surface area contributed by atoms with Gasteiger partial charge in [0.1, 0.15) is 0 Å². The zero-order chi connectivity index (χ0) is 19.2. The number of benzene rings is 1. The van der Waals surface area contributed by atoms with E-state index in [9.17, 15) is 9.59 Å². The number of aromatic nitrogens is 1. The van der Waals surface area contributed by atoms with Crippen molar-refractivity contribution < 1.29 is 9.59 Å². The summed E-state index contributed by atoms with van der Waals surface area (Å²) in [5, 5.41) is 2.88. The van der Waals surface area contributed by atoms with Gasteiger partial charge in [0.05, 0.1) is 11.1 Å². The molecule has 0 spiro atoms. The second-order valence-electron chi connectivity index (χ2n) is 6.86. The van der Waals surface area contributed by atoms with Crippen molar-refractivity contribution in [2.24, 2.45) is 0 Å². The molecule has 0 radical (unpaired) electrons. The van der Waals surface area contributed by atoms with Crippen molar-refractivity contribution in [3.05, 3.63) is 65.0 Å². The first kappa shape index (κ1) is 19.0. The number of likely N-dealkylation sites (N-methyl/N-ethyl adjacent to an activating group) is 1. The van der Waals surface area contributed by atoms with Crippen molar-refractivity contribution in [2.75, 3.05) is 32.7 Å².